The zero-order valence-electron chi connectivity index (χ0n) is 13.3. The van der Waals surface area contributed by atoms with Gasteiger partial charge in [0.25, 0.3) is 0 Å². The Balaban J connectivity index is 1.87. The predicted molar refractivity (Wildman–Crippen MR) is 103 cm³/mol. The van der Waals surface area contributed by atoms with E-state index in [1.807, 2.05) is 72.8 Å². The zero-order valence-corrected chi connectivity index (χ0v) is 14.0. The maximum absolute atomic E-state index is 13.1. The molecule has 0 atom stereocenters. The molecule has 2 heteroatoms. The Morgan fingerprint density at radius 1 is 0.600 bits per heavy atom. The molecule has 0 aliphatic heterocycles. The van der Waals surface area contributed by atoms with E-state index in [1.54, 1.807) is 0 Å². The first kappa shape index (κ1) is 14.4. The molecule has 0 aromatic heterocycles. The summed E-state index contributed by atoms with van der Waals surface area (Å²) in [5, 5.41) is 2.85. The number of ketones is 1. The van der Waals surface area contributed by atoms with Gasteiger partial charge in [-0.2, -0.15) is 0 Å². The predicted octanol–water partition coefficient (Wildman–Crippen LogP) is 6.37. The van der Waals surface area contributed by atoms with E-state index in [0.717, 1.165) is 44.2 Å². The summed E-state index contributed by atoms with van der Waals surface area (Å²) in [6.45, 7) is 0. The van der Waals surface area contributed by atoms with Gasteiger partial charge in [-0.3, -0.25) is 4.79 Å². The molecule has 0 saturated carbocycles. The number of halogens is 1. The molecular weight excluding hydrogens is 328 g/mol. The van der Waals surface area contributed by atoms with E-state index < -0.39 is 0 Å². The largest absolute Gasteiger partial charge is 0.289 e. The van der Waals surface area contributed by atoms with E-state index in [1.165, 1.54) is 0 Å². The van der Waals surface area contributed by atoms with Crippen molar-refractivity contribution in [1.82, 2.24) is 0 Å². The van der Waals surface area contributed by atoms with Crippen LogP contribution >= 0.6 is 11.6 Å². The second-order valence-electron chi connectivity index (χ2n) is 6.28. The highest BCUT2D eigenvalue weighted by molar-refractivity contribution is 6.32. The van der Waals surface area contributed by atoms with Gasteiger partial charge in [0.1, 0.15) is 0 Å². The second kappa shape index (κ2) is 5.30. The maximum Gasteiger partial charge on any atom is 0.194 e. The smallest absolute Gasteiger partial charge is 0.194 e. The molecule has 0 unspecified atom stereocenters. The molecule has 4 aromatic rings. The van der Waals surface area contributed by atoms with Gasteiger partial charge < -0.3 is 0 Å². The quantitative estimate of drug-likeness (QED) is 0.346. The van der Waals surface area contributed by atoms with Gasteiger partial charge in [-0.15, -0.1) is 0 Å². The number of carbonyl (C=O) groups excluding carboxylic acids is 1. The van der Waals surface area contributed by atoms with Crippen molar-refractivity contribution < 1.29 is 4.79 Å². The van der Waals surface area contributed by atoms with Crippen molar-refractivity contribution in [3.63, 3.8) is 0 Å². The SMILES string of the molecule is O=C1c2ccccc2-c2cccc(-c3cc(Cl)cc4ccccc34)c21. The molecule has 118 valence electrons. The highest BCUT2D eigenvalue weighted by atomic mass is 35.5. The average Bonchev–Trinajstić information content (AvgIpc) is 2.94. The van der Waals surface area contributed by atoms with E-state index in [2.05, 4.69) is 6.07 Å². The maximum atomic E-state index is 13.1. The zero-order chi connectivity index (χ0) is 17.0. The van der Waals surface area contributed by atoms with Crippen molar-refractivity contribution >= 4 is 28.2 Å². The monoisotopic (exact) mass is 340 g/mol. The molecule has 0 saturated heterocycles. The van der Waals surface area contributed by atoms with Crippen LogP contribution in [0.2, 0.25) is 5.02 Å². The summed E-state index contributed by atoms with van der Waals surface area (Å²) in [7, 11) is 0. The first-order valence-electron chi connectivity index (χ1n) is 8.20. The number of carbonyl (C=O) groups is 1. The topological polar surface area (TPSA) is 17.1 Å². The van der Waals surface area contributed by atoms with Gasteiger partial charge in [0.2, 0.25) is 0 Å². The molecule has 4 aromatic carbocycles. The molecular formula is C23H13ClO. The summed E-state index contributed by atoms with van der Waals surface area (Å²) in [4.78, 5) is 13.1. The average molecular weight is 341 g/mol. The van der Waals surface area contributed by atoms with Crippen molar-refractivity contribution in [2.75, 3.05) is 0 Å². The van der Waals surface area contributed by atoms with Gasteiger partial charge in [-0.05, 0) is 45.2 Å². The number of fused-ring (bicyclic) bond motifs is 4. The van der Waals surface area contributed by atoms with Crippen LogP contribution < -0.4 is 0 Å². The highest BCUT2D eigenvalue weighted by Gasteiger charge is 2.29. The van der Waals surface area contributed by atoms with Gasteiger partial charge in [-0.25, -0.2) is 0 Å². The van der Waals surface area contributed by atoms with Crippen LogP contribution in [0, 0.1) is 0 Å². The minimum absolute atomic E-state index is 0.0882. The van der Waals surface area contributed by atoms with E-state index in [0.29, 0.717) is 5.02 Å². The van der Waals surface area contributed by atoms with Crippen LogP contribution in [-0.4, -0.2) is 5.78 Å². The van der Waals surface area contributed by atoms with Crippen LogP contribution in [0.1, 0.15) is 15.9 Å². The Morgan fingerprint density at radius 2 is 1.24 bits per heavy atom. The Labute approximate surface area is 150 Å². The standard InChI is InChI=1S/C23H13ClO/c24-15-12-14-6-1-2-7-16(14)21(13-15)19-11-5-10-18-17-8-3-4-9-20(17)23(25)22(18)19/h1-13H. The van der Waals surface area contributed by atoms with E-state index in [-0.39, 0.29) is 5.78 Å². The molecule has 0 heterocycles. The lowest BCUT2D eigenvalue weighted by molar-refractivity contribution is 0.104. The third-order valence-electron chi connectivity index (χ3n) is 4.87. The van der Waals surface area contributed by atoms with Crippen LogP contribution in [0.25, 0.3) is 33.0 Å². The van der Waals surface area contributed by atoms with Gasteiger partial charge in [0.05, 0.1) is 0 Å². The summed E-state index contributed by atoms with van der Waals surface area (Å²) < 4.78 is 0. The van der Waals surface area contributed by atoms with Crippen molar-refractivity contribution in [2.45, 2.75) is 0 Å². The number of hydrogen-bond acceptors (Lipinski definition) is 1. The van der Waals surface area contributed by atoms with E-state index in [9.17, 15) is 4.79 Å². The first-order chi connectivity index (χ1) is 12.2. The first-order valence-corrected chi connectivity index (χ1v) is 8.57. The number of hydrogen-bond donors (Lipinski definition) is 0. The van der Waals surface area contributed by atoms with E-state index >= 15 is 0 Å². The minimum Gasteiger partial charge on any atom is -0.289 e. The number of rotatable bonds is 1. The molecule has 5 rings (SSSR count). The lowest BCUT2D eigenvalue weighted by Crippen LogP contribution is -1.98. The molecule has 0 amide bonds. The highest BCUT2D eigenvalue weighted by Crippen LogP contribution is 2.43. The Hall–Kier alpha value is -2.90. The van der Waals surface area contributed by atoms with Crippen LogP contribution in [-0.2, 0) is 0 Å². The summed E-state index contributed by atoms with van der Waals surface area (Å²) in [5.74, 6) is 0.0882. The molecule has 25 heavy (non-hydrogen) atoms. The molecule has 0 radical (unpaired) electrons. The van der Waals surface area contributed by atoms with Gasteiger partial charge in [0.15, 0.2) is 5.78 Å². The van der Waals surface area contributed by atoms with Crippen molar-refractivity contribution in [3.05, 3.63) is 95.0 Å². The summed E-state index contributed by atoms with van der Waals surface area (Å²) in [6, 6.07) is 25.9. The van der Waals surface area contributed by atoms with Crippen LogP contribution in [0.3, 0.4) is 0 Å². The van der Waals surface area contributed by atoms with Gasteiger partial charge >= 0.3 is 0 Å². The molecule has 1 nitrogen and oxygen atoms in total. The van der Waals surface area contributed by atoms with E-state index in [4.69, 9.17) is 11.6 Å². The third-order valence-corrected chi connectivity index (χ3v) is 5.09. The lowest BCUT2D eigenvalue weighted by Gasteiger charge is -2.12. The summed E-state index contributed by atoms with van der Waals surface area (Å²) >= 11 is 6.37. The number of benzene rings is 4. The summed E-state index contributed by atoms with van der Waals surface area (Å²) in [6.07, 6.45) is 0. The molecule has 1 aliphatic carbocycles. The fourth-order valence-electron chi connectivity index (χ4n) is 3.79. The van der Waals surface area contributed by atoms with Crippen LogP contribution in [0.4, 0.5) is 0 Å². The van der Waals surface area contributed by atoms with Crippen LogP contribution in [0.15, 0.2) is 78.9 Å². The Kier molecular flexibility index (Phi) is 3.06. The fraction of sp³-hybridized carbons (Fsp3) is 0. The Morgan fingerprint density at radius 3 is 2.08 bits per heavy atom. The second-order valence-corrected chi connectivity index (χ2v) is 6.71. The van der Waals surface area contributed by atoms with Gasteiger partial charge in [-0.1, -0.05) is 78.3 Å². The molecule has 0 bridgehead atoms. The van der Waals surface area contributed by atoms with Crippen molar-refractivity contribution in [1.29, 1.82) is 0 Å². The fourth-order valence-corrected chi connectivity index (χ4v) is 4.02. The van der Waals surface area contributed by atoms with Crippen LogP contribution in [0.5, 0.6) is 0 Å². The Bertz CT molecular complexity index is 1170. The molecule has 0 spiro atoms. The molecule has 0 N–H and O–H groups in total. The van der Waals surface area contributed by atoms with Gasteiger partial charge in [0, 0.05) is 16.1 Å². The lowest BCUT2D eigenvalue weighted by atomic mass is 9.92. The normalized spacial score (nSPS) is 12.3. The molecule has 1 aliphatic rings. The van der Waals surface area contributed by atoms with Crippen molar-refractivity contribution in [2.24, 2.45) is 0 Å². The van der Waals surface area contributed by atoms with Crippen molar-refractivity contribution in [3.8, 4) is 22.3 Å². The minimum atomic E-state index is 0.0882. The third kappa shape index (κ3) is 2.06. The summed E-state index contributed by atoms with van der Waals surface area (Å²) in [5.41, 5.74) is 5.50. The molecule has 0 fully saturated rings.